The summed E-state index contributed by atoms with van der Waals surface area (Å²) in [7, 11) is 0. The van der Waals surface area contributed by atoms with Gasteiger partial charge < -0.3 is 15.7 Å². The number of nitrogens with one attached hydrogen (secondary N) is 2. The molecule has 1 heterocycles. The van der Waals surface area contributed by atoms with E-state index < -0.39 is 12.0 Å². The zero-order valence-electron chi connectivity index (χ0n) is 8.53. The lowest BCUT2D eigenvalue weighted by Gasteiger charge is -2.26. The van der Waals surface area contributed by atoms with E-state index in [1.165, 1.54) is 6.42 Å². The molecule has 2 unspecified atom stereocenters. The predicted octanol–water partition coefficient (Wildman–Crippen LogP) is -0.990. The number of amides is 2. The Balaban J connectivity index is 1.81. The fourth-order valence-electron chi connectivity index (χ4n) is 1.95. The van der Waals surface area contributed by atoms with Crippen LogP contribution in [0.4, 0.5) is 0 Å². The van der Waals surface area contributed by atoms with E-state index in [1.807, 2.05) is 0 Å². The molecular weight excluding hydrogens is 196 g/mol. The Bertz CT molecular complexity index is 276. The summed E-state index contributed by atoms with van der Waals surface area (Å²) in [6.07, 6.45) is 2.66. The highest BCUT2D eigenvalue weighted by molar-refractivity contribution is 6.02. The van der Waals surface area contributed by atoms with Crippen LogP contribution in [-0.4, -0.2) is 36.1 Å². The van der Waals surface area contributed by atoms with Crippen molar-refractivity contribution in [2.24, 2.45) is 11.8 Å². The highest BCUT2D eigenvalue weighted by Gasteiger charge is 2.39. The van der Waals surface area contributed by atoms with E-state index in [4.69, 9.17) is 0 Å². The number of aliphatic hydroxyl groups excluding tert-OH is 1. The molecule has 2 atom stereocenters. The van der Waals surface area contributed by atoms with E-state index in [-0.39, 0.29) is 18.4 Å². The summed E-state index contributed by atoms with van der Waals surface area (Å²) in [5.41, 5.74) is 0. The van der Waals surface area contributed by atoms with Gasteiger partial charge >= 0.3 is 0 Å². The van der Waals surface area contributed by atoms with Crippen molar-refractivity contribution in [3.8, 4) is 0 Å². The second-order valence-corrected chi connectivity index (χ2v) is 4.33. The lowest BCUT2D eigenvalue weighted by atomic mass is 9.85. The minimum atomic E-state index is -0.912. The van der Waals surface area contributed by atoms with Crippen molar-refractivity contribution in [1.82, 2.24) is 10.6 Å². The number of rotatable bonds is 3. The molecule has 5 nitrogen and oxygen atoms in total. The number of hydrogen-bond acceptors (Lipinski definition) is 3. The zero-order chi connectivity index (χ0) is 10.8. The van der Waals surface area contributed by atoms with Gasteiger partial charge in [-0.3, -0.25) is 9.59 Å². The zero-order valence-corrected chi connectivity index (χ0v) is 8.53. The fourth-order valence-corrected chi connectivity index (χ4v) is 1.95. The van der Waals surface area contributed by atoms with Crippen LogP contribution in [-0.2, 0) is 9.59 Å². The number of carbonyl (C=O) groups excluding carboxylic acids is 2. The Kier molecular flexibility index (Phi) is 2.90. The Morgan fingerprint density at radius 2 is 2.27 bits per heavy atom. The number of hydrogen-bond donors (Lipinski definition) is 3. The molecule has 1 aliphatic heterocycles. The quantitative estimate of drug-likeness (QED) is 0.526. The summed E-state index contributed by atoms with van der Waals surface area (Å²) < 4.78 is 0. The van der Waals surface area contributed by atoms with Crippen LogP contribution in [0.1, 0.15) is 19.3 Å². The molecule has 0 aromatic carbocycles. The molecule has 0 aromatic heterocycles. The van der Waals surface area contributed by atoms with Gasteiger partial charge in [-0.2, -0.15) is 0 Å². The van der Waals surface area contributed by atoms with Gasteiger partial charge in [-0.05, 0) is 18.8 Å². The summed E-state index contributed by atoms with van der Waals surface area (Å²) in [5.74, 6) is -1.06. The van der Waals surface area contributed by atoms with Crippen molar-refractivity contribution in [2.45, 2.75) is 25.4 Å². The van der Waals surface area contributed by atoms with E-state index in [9.17, 15) is 14.7 Å². The molecule has 2 aliphatic rings. The van der Waals surface area contributed by atoms with Crippen molar-refractivity contribution < 1.29 is 14.7 Å². The molecule has 2 fully saturated rings. The average Bonchev–Trinajstić information content (AvgIpc) is 2.43. The van der Waals surface area contributed by atoms with Gasteiger partial charge in [0.1, 0.15) is 5.92 Å². The third-order valence-corrected chi connectivity index (χ3v) is 3.22. The van der Waals surface area contributed by atoms with Crippen LogP contribution in [0.3, 0.4) is 0 Å². The molecule has 84 valence electrons. The number of aliphatic hydroxyl groups is 1. The van der Waals surface area contributed by atoms with Crippen LogP contribution < -0.4 is 10.6 Å². The molecule has 3 N–H and O–H groups in total. The third kappa shape index (κ3) is 2.12. The van der Waals surface area contributed by atoms with Gasteiger partial charge in [-0.25, -0.2) is 0 Å². The molecule has 0 aromatic rings. The first-order valence-corrected chi connectivity index (χ1v) is 5.42. The smallest absolute Gasteiger partial charge is 0.235 e. The van der Waals surface area contributed by atoms with E-state index in [0.717, 1.165) is 12.8 Å². The normalized spacial score (nSPS) is 30.9. The molecule has 1 saturated carbocycles. The van der Waals surface area contributed by atoms with Crippen LogP contribution in [0, 0.1) is 11.8 Å². The van der Waals surface area contributed by atoms with Crippen molar-refractivity contribution in [2.75, 3.05) is 13.1 Å². The van der Waals surface area contributed by atoms with Crippen LogP contribution in [0.5, 0.6) is 0 Å². The first kappa shape index (κ1) is 10.4. The maximum absolute atomic E-state index is 11.6. The van der Waals surface area contributed by atoms with Crippen LogP contribution in [0.15, 0.2) is 0 Å². The lowest BCUT2D eigenvalue weighted by molar-refractivity contribution is -0.135. The largest absolute Gasteiger partial charge is 0.390 e. The molecule has 0 bridgehead atoms. The van der Waals surface area contributed by atoms with Gasteiger partial charge in [0.2, 0.25) is 11.8 Å². The molecule has 15 heavy (non-hydrogen) atoms. The van der Waals surface area contributed by atoms with Gasteiger partial charge in [0.15, 0.2) is 0 Å². The lowest BCUT2D eigenvalue weighted by Crippen LogP contribution is -2.42. The average molecular weight is 212 g/mol. The fraction of sp³-hybridized carbons (Fsp3) is 0.800. The van der Waals surface area contributed by atoms with Gasteiger partial charge in [0, 0.05) is 13.1 Å². The molecule has 0 radical (unpaired) electrons. The highest BCUT2D eigenvalue weighted by atomic mass is 16.3. The Morgan fingerprint density at radius 1 is 1.53 bits per heavy atom. The molecule has 0 spiro atoms. The molecule has 2 amide bonds. The predicted molar refractivity (Wildman–Crippen MR) is 52.9 cm³/mol. The monoisotopic (exact) mass is 212 g/mol. The summed E-state index contributed by atoms with van der Waals surface area (Å²) in [6, 6.07) is 0. The highest BCUT2D eigenvalue weighted by Crippen LogP contribution is 2.25. The number of β-amino-alcohol motifs (C(OH)–C–C–N with tert-alkyl or cyclic N) is 1. The molecule has 2 rings (SSSR count). The molecule has 5 heteroatoms. The second kappa shape index (κ2) is 4.18. The standard InChI is InChI=1S/C10H16N2O3/c13-7-5-12-10(15)8(7)9(14)11-4-6-2-1-3-6/h6-8,13H,1-5H2,(H,11,14)(H,12,15). The van der Waals surface area contributed by atoms with Crippen LogP contribution in [0.2, 0.25) is 0 Å². The minimum Gasteiger partial charge on any atom is -0.390 e. The molecule has 1 saturated heterocycles. The molecule has 1 aliphatic carbocycles. The summed E-state index contributed by atoms with van der Waals surface area (Å²) in [5, 5.41) is 14.6. The Labute approximate surface area is 88.2 Å². The maximum Gasteiger partial charge on any atom is 0.235 e. The SMILES string of the molecule is O=C(NCC1CCC1)C1C(=O)NCC1O. The van der Waals surface area contributed by atoms with Crippen molar-refractivity contribution in [3.05, 3.63) is 0 Å². The van der Waals surface area contributed by atoms with Gasteiger partial charge in [-0.1, -0.05) is 6.42 Å². The van der Waals surface area contributed by atoms with Crippen molar-refractivity contribution >= 4 is 11.8 Å². The second-order valence-electron chi connectivity index (χ2n) is 4.33. The number of carbonyl (C=O) groups is 2. The first-order chi connectivity index (χ1) is 7.18. The Hall–Kier alpha value is -1.10. The Morgan fingerprint density at radius 3 is 2.73 bits per heavy atom. The van der Waals surface area contributed by atoms with E-state index in [0.29, 0.717) is 12.5 Å². The summed E-state index contributed by atoms with van der Waals surface area (Å²) in [6.45, 7) is 0.815. The van der Waals surface area contributed by atoms with Gasteiger partial charge in [0.05, 0.1) is 6.10 Å². The topological polar surface area (TPSA) is 78.4 Å². The van der Waals surface area contributed by atoms with E-state index in [2.05, 4.69) is 10.6 Å². The summed E-state index contributed by atoms with van der Waals surface area (Å²) >= 11 is 0. The minimum absolute atomic E-state index is 0.181. The van der Waals surface area contributed by atoms with Gasteiger partial charge in [0.25, 0.3) is 0 Å². The van der Waals surface area contributed by atoms with E-state index >= 15 is 0 Å². The van der Waals surface area contributed by atoms with Gasteiger partial charge in [-0.15, -0.1) is 0 Å². The molecular formula is C10H16N2O3. The maximum atomic E-state index is 11.6. The van der Waals surface area contributed by atoms with Crippen molar-refractivity contribution in [1.29, 1.82) is 0 Å². The van der Waals surface area contributed by atoms with Crippen LogP contribution >= 0.6 is 0 Å². The first-order valence-electron chi connectivity index (χ1n) is 5.42. The van der Waals surface area contributed by atoms with E-state index in [1.54, 1.807) is 0 Å². The summed E-state index contributed by atoms with van der Waals surface area (Å²) in [4.78, 5) is 22.8. The third-order valence-electron chi connectivity index (χ3n) is 3.22. The van der Waals surface area contributed by atoms with Crippen molar-refractivity contribution in [3.63, 3.8) is 0 Å². The van der Waals surface area contributed by atoms with Crippen LogP contribution in [0.25, 0.3) is 0 Å².